The SMILES string of the molecule is O=C(O)c1ccc2c(c1)ncc(=O)n2C[C@H]1CCCO1. The highest BCUT2D eigenvalue weighted by atomic mass is 16.5. The minimum absolute atomic E-state index is 0.0393. The molecule has 0 bridgehead atoms. The van der Waals surface area contributed by atoms with Gasteiger partial charge in [-0.25, -0.2) is 9.78 Å². The highest BCUT2D eigenvalue weighted by Gasteiger charge is 2.18. The maximum absolute atomic E-state index is 12.0. The van der Waals surface area contributed by atoms with E-state index in [2.05, 4.69) is 4.98 Å². The van der Waals surface area contributed by atoms with Crippen LogP contribution in [0.25, 0.3) is 11.0 Å². The summed E-state index contributed by atoms with van der Waals surface area (Å²) in [6, 6.07) is 4.59. The summed E-state index contributed by atoms with van der Waals surface area (Å²) in [7, 11) is 0. The minimum Gasteiger partial charge on any atom is -0.478 e. The second-order valence-corrected chi connectivity index (χ2v) is 4.85. The summed E-state index contributed by atoms with van der Waals surface area (Å²) in [5.74, 6) is -1.01. The summed E-state index contributed by atoms with van der Waals surface area (Å²) in [6.45, 7) is 1.20. The Bertz CT molecular complexity index is 717. The zero-order valence-corrected chi connectivity index (χ0v) is 10.8. The number of carboxylic acids is 1. The predicted octanol–water partition coefficient (Wildman–Crippen LogP) is 1.27. The summed E-state index contributed by atoms with van der Waals surface area (Å²) in [6.07, 6.45) is 3.20. The minimum atomic E-state index is -1.01. The smallest absolute Gasteiger partial charge is 0.335 e. The molecule has 0 unspecified atom stereocenters. The number of hydrogen-bond donors (Lipinski definition) is 1. The van der Waals surface area contributed by atoms with Gasteiger partial charge in [0.25, 0.3) is 5.56 Å². The molecule has 0 spiro atoms. The van der Waals surface area contributed by atoms with Gasteiger partial charge < -0.3 is 14.4 Å². The summed E-state index contributed by atoms with van der Waals surface area (Å²) in [5, 5.41) is 8.98. The molecular weight excluding hydrogens is 260 g/mol. The fraction of sp³-hybridized carbons (Fsp3) is 0.357. The van der Waals surface area contributed by atoms with E-state index in [0.717, 1.165) is 19.4 Å². The van der Waals surface area contributed by atoms with Gasteiger partial charge in [0.2, 0.25) is 0 Å². The Morgan fingerprint density at radius 1 is 1.50 bits per heavy atom. The summed E-state index contributed by atoms with van der Waals surface area (Å²) in [5.41, 5.74) is 1.10. The third-order valence-corrected chi connectivity index (χ3v) is 3.50. The first-order chi connectivity index (χ1) is 9.65. The fourth-order valence-electron chi connectivity index (χ4n) is 2.48. The lowest BCUT2D eigenvalue weighted by Crippen LogP contribution is -2.26. The van der Waals surface area contributed by atoms with Crippen molar-refractivity contribution in [2.45, 2.75) is 25.5 Å². The Hall–Kier alpha value is -2.21. The van der Waals surface area contributed by atoms with E-state index in [1.165, 1.54) is 18.3 Å². The molecule has 0 amide bonds. The van der Waals surface area contributed by atoms with Crippen molar-refractivity contribution in [2.75, 3.05) is 6.61 Å². The highest BCUT2D eigenvalue weighted by molar-refractivity contribution is 5.92. The van der Waals surface area contributed by atoms with E-state index in [1.54, 1.807) is 10.6 Å². The zero-order valence-electron chi connectivity index (χ0n) is 10.8. The van der Waals surface area contributed by atoms with Crippen LogP contribution in [-0.2, 0) is 11.3 Å². The average Bonchev–Trinajstić information content (AvgIpc) is 2.94. The number of benzene rings is 1. The molecule has 1 aromatic carbocycles. The van der Waals surface area contributed by atoms with E-state index >= 15 is 0 Å². The predicted molar refractivity (Wildman–Crippen MR) is 71.9 cm³/mol. The Morgan fingerprint density at radius 3 is 3.05 bits per heavy atom. The number of carbonyl (C=O) groups is 1. The van der Waals surface area contributed by atoms with Crippen LogP contribution in [0.4, 0.5) is 0 Å². The monoisotopic (exact) mass is 274 g/mol. The first kappa shape index (κ1) is 12.8. The van der Waals surface area contributed by atoms with Crippen LogP contribution in [0.15, 0.2) is 29.2 Å². The molecule has 2 aromatic rings. The van der Waals surface area contributed by atoms with Crippen LogP contribution < -0.4 is 5.56 Å². The van der Waals surface area contributed by atoms with E-state index in [4.69, 9.17) is 9.84 Å². The first-order valence-corrected chi connectivity index (χ1v) is 6.49. The van der Waals surface area contributed by atoms with Crippen molar-refractivity contribution in [3.63, 3.8) is 0 Å². The molecule has 0 saturated carbocycles. The molecule has 20 heavy (non-hydrogen) atoms. The number of aromatic carboxylic acids is 1. The Morgan fingerprint density at radius 2 is 2.35 bits per heavy atom. The van der Waals surface area contributed by atoms with Crippen LogP contribution in [0.1, 0.15) is 23.2 Å². The molecule has 1 atom stereocenters. The Labute approximate surface area is 114 Å². The lowest BCUT2D eigenvalue weighted by molar-refractivity contribution is 0.0697. The van der Waals surface area contributed by atoms with Gasteiger partial charge in [0.15, 0.2) is 0 Å². The molecule has 1 aromatic heterocycles. The number of ether oxygens (including phenoxy) is 1. The van der Waals surface area contributed by atoms with Crippen LogP contribution >= 0.6 is 0 Å². The van der Waals surface area contributed by atoms with E-state index in [0.29, 0.717) is 17.6 Å². The number of hydrogen-bond acceptors (Lipinski definition) is 4. The number of aromatic nitrogens is 2. The van der Waals surface area contributed by atoms with E-state index in [9.17, 15) is 9.59 Å². The van der Waals surface area contributed by atoms with E-state index in [-0.39, 0.29) is 17.2 Å². The summed E-state index contributed by atoms with van der Waals surface area (Å²) < 4.78 is 7.15. The molecule has 0 radical (unpaired) electrons. The van der Waals surface area contributed by atoms with E-state index < -0.39 is 5.97 Å². The molecule has 0 aliphatic carbocycles. The molecule has 1 fully saturated rings. The Kier molecular flexibility index (Phi) is 3.23. The highest BCUT2D eigenvalue weighted by Crippen LogP contribution is 2.17. The van der Waals surface area contributed by atoms with Crippen LogP contribution in [0.2, 0.25) is 0 Å². The zero-order chi connectivity index (χ0) is 14.1. The van der Waals surface area contributed by atoms with E-state index in [1.807, 2.05) is 0 Å². The maximum atomic E-state index is 12.0. The number of fused-ring (bicyclic) bond motifs is 1. The molecule has 1 aliphatic heterocycles. The molecule has 1 N–H and O–H groups in total. The van der Waals surface area contributed by atoms with Gasteiger partial charge in [0.05, 0.1) is 35.4 Å². The second kappa shape index (κ2) is 5.05. The molecule has 6 heteroatoms. The molecule has 1 aliphatic rings. The lowest BCUT2D eigenvalue weighted by atomic mass is 10.2. The van der Waals surface area contributed by atoms with Gasteiger partial charge in [-0.2, -0.15) is 0 Å². The van der Waals surface area contributed by atoms with Crippen molar-refractivity contribution in [2.24, 2.45) is 0 Å². The van der Waals surface area contributed by atoms with Gasteiger partial charge in [0.1, 0.15) is 0 Å². The van der Waals surface area contributed by atoms with Crippen molar-refractivity contribution in [1.82, 2.24) is 9.55 Å². The van der Waals surface area contributed by atoms with Crippen molar-refractivity contribution in [3.05, 3.63) is 40.3 Å². The Balaban J connectivity index is 2.07. The summed E-state index contributed by atoms with van der Waals surface area (Å²) >= 11 is 0. The van der Waals surface area contributed by atoms with Crippen LogP contribution in [0, 0.1) is 0 Å². The maximum Gasteiger partial charge on any atom is 0.335 e. The standard InChI is InChI=1S/C14H14N2O4/c17-13-7-15-11-6-9(14(18)19)3-4-12(11)16(13)8-10-2-1-5-20-10/h3-4,6-7,10H,1-2,5,8H2,(H,18,19)/t10-/m1/s1. The number of nitrogens with zero attached hydrogens (tertiary/aromatic N) is 2. The first-order valence-electron chi connectivity index (χ1n) is 6.49. The largest absolute Gasteiger partial charge is 0.478 e. The lowest BCUT2D eigenvalue weighted by Gasteiger charge is -2.14. The molecule has 2 heterocycles. The molecule has 3 rings (SSSR count). The second-order valence-electron chi connectivity index (χ2n) is 4.85. The van der Waals surface area contributed by atoms with Crippen molar-refractivity contribution >= 4 is 17.0 Å². The quantitative estimate of drug-likeness (QED) is 0.911. The van der Waals surface area contributed by atoms with Gasteiger partial charge >= 0.3 is 5.97 Å². The van der Waals surface area contributed by atoms with Gasteiger partial charge in [-0.15, -0.1) is 0 Å². The van der Waals surface area contributed by atoms with Crippen molar-refractivity contribution in [1.29, 1.82) is 0 Å². The number of rotatable bonds is 3. The molecular formula is C14H14N2O4. The van der Waals surface area contributed by atoms with Crippen LogP contribution in [0.5, 0.6) is 0 Å². The van der Waals surface area contributed by atoms with Gasteiger partial charge in [-0.1, -0.05) is 0 Å². The normalized spacial score (nSPS) is 18.5. The van der Waals surface area contributed by atoms with Crippen molar-refractivity contribution < 1.29 is 14.6 Å². The van der Waals surface area contributed by atoms with Crippen molar-refractivity contribution in [3.8, 4) is 0 Å². The topological polar surface area (TPSA) is 81.4 Å². The van der Waals surface area contributed by atoms with Gasteiger partial charge in [-0.05, 0) is 31.0 Å². The van der Waals surface area contributed by atoms with Crippen LogP contribution in [-0.4, -0.2) is 33.3 Å². The molecule has 104 valence electrons. The van der Waals surface area contributed by atoms with Gasteiger partial charge in [-0.3, -0.25) is 4.79 Å². The fourth-order valence-corrected chi connectivity index (χ4v) is 2.48. The van der Waals surface area contributed by atoms with Crippen LogP contribution in [0.3, 0.4) is 0 Å². The molecule has 6 nitrogen and oxygen atoms in total. The number of carboxylic acid groups (broad SMARTS) is 1. The van der Waals surface area contributed by atoms with Gasteiger partial charge in [0, 0.05) is 6.61 Å². The third-order valence-electron chi connectivity index (χ3n) is 3.50. The third kappa shape index (κ3) is 2.30. The average molecular weight is 274 g/mol. The summed E-state index contributed by atoms with van der Waals surface area (Å²) in [4.78, 5) is 26.9. The molecule has 1 saturated heterocycles.